The van der Waals surface area contributed by atoms with Crippen LogP contribution in [0.2, 0.25) is 0 Å². The Morgan fingerprint density at radius 1 is 1.21 bits per heavy atom. The molecule has 2 aromatic rings. The van der Waals surface area contributed by atoms with E-state index in [0.29, 0.717) is 17.4 Å². The van der Waals surface area contributed by atoms with Gasteiger partial charge in [-0.25, -0.2) is 9.97 Å². The molecule has 0 amide bonds. The van der Waals surface area contributed by atoms with Crippen LogP contribution in [-0.4, -0.2) is 23.3 Å². The van der Waals surface area contributed by atoms with Crippen molar-refractivity contribution in [3.8, 4) is 23.1 Å². The minimum Gasteiger partial charge on any atom is -0.454 e. The Balaban J connectivity index is 1.79. The molecule has 0 atom stereocenters. The van der Waals surface area contributed by atoms with Gasteiger partial charge in [0.1, 0.15) is 17.9 Å². The molecular formula is C13H13N3O3. The topological polar surface area (TPSA) is 65.5 Å². The number of aromatic nitrogens is 2. The zero-order valence-corrected chi connectivity index (χ0v) is 10.4. The fraction of sp³-hybridized carbons (Fsp3) is 0.231. The van der Waals surface area contributed by atoms with Crippen molar-refractivity contribution in [2.45, 2.75) is 6.92 Å². The van der Waals surface area contributed by atoms with Gasteiger partial charge in [-0.05, 0) is 19.1 Å². The summed E-state index contributed by atoms with van der Waals surface area (Å²) in [6.45, 7) is 3.04. The molecule has 0 aliphatic carbocycles. The first-order valence-electron chi connectivity index (χ1n) is 5.98. The first-order valence-corrected chi connectivity index (χ1v) is 5.98. The van der Waals surface area contributed by atoms with Gasteiger partial charge in [0, 0.05) is 18.7 Å². The molecule has 2 heterocycles. The summed E-state index contributed by atoms with van der Waals surface area (Å²) < 4.78 is 16.2. The first-order chi connectivity index (χ1) is 9.35. The standard InChI is InChI=1S/C13H13N3O3/c1-2-14-12-6-13(16-7-15-12)19-9-3-4-10-11(5-9)18-8-17-10/h3-7H,2,8H2,1H3,(H,14,15,16). The third kappa shape index (κ3) is 2.52. The van der Waals surface area contributed by atoms with E-state index in [9.17, 15) is 0 Å². The van der Waals surface area contributed by atoms with Gasteiger partial charge in [0.05, 0.1) is 0 Å². The summed E-state index contributed by atoms with van der Waals surface area (Å²) in [5.41, 5.74) is 0. The molecule has 6 nitrogen and oxygen atoms in total. The summed E-state index contributed by atoms with van der Waals surface area (Å²) in [5.74, 6) is 3.25. The summed E-state index contributed by atoms with van der Waals surface area (Å²) in [5, 5.41) is 3.10. The zero-order chi connectivity index (χ0) is 13.1. The average molecular weight is 259 g/mol. The molecule has 3 rings (SSSR count). The van der Waals surface area contributed by atoms with Crippen LogP contribution in [0.1, 0.15) is 6.92 Å². The Labute approximate surface area is 110 Å². The summed E-state index contributed by atoms with van der Waals surface area (Å²) in [4.78, 5) is 8.15. The molecule has 19 heavy (non-hydrogen) atoms. The van der Waals surface area contributed by atoms with Crippen molar-refractivity contribution in [1.29, 1.82) is 0 Å². The van der Waals surface area contributed by atoms with Gasteiger partial charge in [0.2, 0.25) is 12.7 Å². The van der Waals surface area contributed by atoms with Gasteiger partial charge in [-0.2, -0.15) is 0 Å². The van der Waals surface area contributed by atoms with E-state index in [1.165, 1.54) is 6.33 Å². The zero-order valence-electron chi connectivity index (χ0n) is 10.4. The van der Waals surface area contributed by atoms with Crippen molar-refractivity contribution >= 4 is 5.82 Å². The molecule has 1 aliphatic rings. The predicted octanol–water partition coefficient (Wildman–Crippen LogP) is 2.43. The van der Waals surface area contributed by atoms with Crippen LogP contribution in [0.25, 0.3) is 0 Å². The molecule has 0 bridgehead atoms. The van der Waals surface area contributed by atoms with Crippen molar-refractivity contribution in [2.24, 2.45) is 0 Å². The van der Waals surface area contributed by atoms with E-state index in [4.69, 9.17) is 14.2 Å². The summed E-state index contributed by atoms with van der Waals surface area (Å²) in [6, 6.07) is 7.14. The Morgan fingerprint density at radius 2 is 2.11 bits per heavy atom. The van der Waals surface area contributed by atoms with Crippen LogP contribution in [-0.2, 0) is 0 Å². The molecule has 0 unspecified atom stereocenters. The first kappa shape index (κ1) is 11.6. The average Bonchev–Trinajstić information content (AvgIpc) is 2.87. The number of rotatable bonds is 4. The second-order valence-corrected chi connectivity index (χ2v) is 3.89. The molecule has 0 fully saturated rings. The largest absolute Gasteiger partial charge is 0.454 e. The van der Waals surface area contributed by atoms with Crippen LogP contribution in [0.3, 0.4) is 0 Å². The van der Waals surface area contributed by atoms with Crippen molar-refractivity contribution in [2.75, 3.05) is 18.7 Å². The maximum Gasteiger partial charge on any atom is 0.231 e. The van der Waals surface area contributed by atoms with E-state index in [-0.39, 0.29) is 6.79 Å². The highest BCUT2D eigenvalue weighted by molar-refractivity contribution is 5.48. The monoisotopic (exact) mass is 259 g/mol. The number of fused-ring (bicyclic) bond motifs is 1. The number of ether oxygens (including phenoxy) is 3. The van der Waals surface area contributed by atoms with Crippen LogP contribution in [0.15, 0.2) is 30.6 Å². The Hall–Kier alpha value is -2.50. The fourth-order valence-electron chi connectivity index (χ4n) is 1.73. The lowest BCUT2D eigenvalue weighted by molar-refractivity contribution is 0.174. The number of nitrogens with one attached hydrogen (secondary N) is 1. The van der Waals surface area contributed by atoms with Crippen molar-refractivity contribution in [3.63, 3.8) is 0 Å². The summed E-state index contributed by atoms with van der Waals surface area (Å²) in [7, 11) is 0. The Bertz CT molecular complexity index is 589. The van der Waals surface area contributed by atoms with Gasteiger partial charge >= 0.3 is 0 Å². The second-order valence-electron chi connectivity index (χ2n) is 3.89. The summed E-state index contributed by atoms with van der Waals surface area (Å²) >= 11 is 0. The van der Waals surface area contributed by atoms with Crippen LogP contribution in [0, 0.1) is 0 Å². The van der Waals surface area contributed by atoms with E-state index in [1.807, 2.05) is 19.1 Å². The minimum absolute atomic E-state index is 0.247. The van der Waals surface area contributed by atoms with E-state index in [0.717, 1.165) is 18.1 Å². The van der Waals surface area contributed by atoms with Gasteiger partial charge in [-0.3, -0.25) is 0 Å². The maximum atomic E-state index is 5.66. The van der Waals surface area contributed by atoms with E-state index < -0.39 is 0 Å². The van der Waals surface area contributed by atoms with Crippen LogP contribution < -0.4 is 19.5 Å². The molecule has 1 aliphatic heterocycles. The van der Waals surface area contributed by atoms with Gasteiger partial charge in [-0.1, -0.05) is 0 Å². The number of anilines is 1. The number of benzene rings is 1. The number of hydrogen-bond donors (Lipinski definition) is 1. The molecule has 0 saturated heterocycles. The highest BCUT2D eigenvalue weighted by Gasteiger charge is 2.14. The van der Waals surface area contributed by atoms with E-state index >= 15 is 0 Å². The number of hydrogen-bond acceptors (Lipinski definition) is 6. The molecule has 1 aromatic heterocycles. The third-order valence-corrected chi connectivity index (χ3v) is 2.57. The lowest BCUT2D eigenvalue weighted by Crippen LogP contribution is -2.00. The minimum atomic E-state index is 0.247. The normalized spacial score (nSPS) is 12.3. The molecule has 0 saturated carbocycles. The SMILES string of the molecule is CCNc1cc(Oc2ccc3c(c2)OCO3)ncn1. The van der Waals surface area contributed by atoms with E-state index in [1.54, 1.807) is 12.1 Å². The van der Waals surface area contributed by atoms with Crippen LogP contribution >= 0.6 is 0 Å². The highest BCUT2D eigenvalue weighted by atomic mass is 16.7. The Kier molecular flexibility index (Phi) is 3.06. The van der Waals surface area contributed by atoms with Crippen molar-refractivity contribution in [3.05, 3.63) is 30.6 Å². The van der Waals surface area contributed by atoms with Crippen molar-refractivity contribution < 1.29 is 14.2 Å². The predicted molar refractivity (Wildman–Crippen MR) is 68.8 cm³/mol. The van der Waals surface area contributed by atoms with Crippen LogP contribution in [0.5, 0.6) is 23.1 Å². The van der Waals surface area contributed by atoms with Gasteiger partial charge < -0.3 is 19.5 Å². The molecule has 6 heteroatoms. The van der Waals surface area contributed by atoms with Gasteiger partial charge in [0.15, 0.2) is 11.5 Å². The van der Waals surface area contributed by atoms with E-state index in [2.05, 4.69) is 15.3 Å². The summed E-state index contributed by atoms with van der Waals surface area (Å²) in [6.07, 6.45) is 1.46. The Morgan fingerprint density at radius 3 is 3.00 bits per heavy atom. The molecule has 0 spiro atoms. The van der Waals surface area contributed by atoms with Gasteiger partial charge in [0.25, 0.3) is 0 Å². The number of nitrogens with zero attached hydrogens (tertiary/aromatic N) is 2. The fourth-order valence-corrected chi connectivity index (χ4v) is 1.73. The van der Waals surface area contributed by atoms with Crippen LogP contribution in [0.4, 0.5) is 5.82 Å². The third-order valence-electron chi connectivity index (χ3n) is 2.57. The lowest BCUT2D eigenvalue weighted by Gasteiger charge is -2.07. The lowest BCUT2D eigenvalue weighted by atomic mass is 10.3. The molecular weight excluding hydrogens is 246 g/mol. The quantitative estimate of drug-likeness (QED) is 0.909. The molecule has 1 aromatic carbocycles. The molecule has 0 radical (unpaired) electrons. The smallest absolute Gasteiger partial charge is 0.231 e. The second kappa shape index (κ2) is 5.01. The van der Waals surface area contributed by atoms with Crippen molar-refractivity contribution in [1.82, 2.24) is 9.97 Å². The highest BCUT2D eigenvalue weighted by Crippen LogP contribution is 2.36. The van der Waals surface area contributed by atoms with Gasteiger partial charge in [-0.15, -0.1) is 0 Å². The molecule has 1 N–H and O–H groups in total. The maximum absolute atomic E-state index is 5.66. The molecule has 98 valence electrons.